The summed E-state index contributed by atoms with van der Waals surface area (Å²) in [5, 5.41) is 0. The van der Waals surface area contributed by atoms with E-state index in [1.165, 1.54) is 11.6 Å². The third-order valence-electron chi connectivity index (χ3n) is 3.68. The smallest absolute Gasteiger partial charge is 0.300 e. The molecule has 0 unspecified atom stereocenters. The topological polar surface area (TPSA) is 53.4 Å². The Balaban J connectivity index is 1.59. The predicted molar refractivity (Wildman–Crippen MR) is 83.6 cm³/mol. The third-order valence-corrected chi connectivity index (χ3v) is 3.68. The van der Waals surface area contributed by atoms with Crippen LogP contribution in [0.1, 0.15) is 26.3 Å². The minimum Gasteiger partial charge on any atom is -0.490 e. The first kappa shape index (κ1) is 14.6. The maximum atomic E-state index is 11.2. The zero-order valence-corrected chi connectivity index (χ0v) is 13.1. The van der Waals surface area contributed by atoms with Crippen LogP contribution < -0.4 is 15.0 Å². The molecular formula is C17H20N2O3. The van der Waals surface area contributed by atoms with Crippen LogP contribution in [0.2, 0.25) is 0 Å². The second kappa shape index (κ2) is 5.48. The molecule has 1 aromatic heterocycles. The fourth-order valence-electron chi connectivity index (χ4n) is 2.38. The molecule has 0 saturated carbocycles. The highest BCUT2D eigenvalue weighted by atomic mass is 16.6. The molecule has 22 heavy (non-hydrogen) atoms. The van der Waals surface area contributed by atoms with Crippen LogP contribution in [-0.2, 0) is 12.0 Å². The number of rotatable bonds is 3. The lowest BCUT2D eigenvalue weighted by Crippen LogP contribution is -2.23. The van der Waals surface area contributed by atoms with E-state index >= 15 is 0 Å². The summed E-state index contributed by atoms with van der Waals surface area (Å²) in [4.78, 5) is 15.0. The van der Waals surface area contributed by atoms with Crippen molar-refractivity contribution < 1.29 is 9.47 Å². The zero-order valence-electron chi connectivity index (χ0n) is 13.1. The lowest BCUT2D eigenvalue weighted by atomic mass is 9.87. The van der Waals surface area contributed by atoms with Crippen LogP contribution in [0.25, 0.3) is 0 Å². The summed E-state index contributed by atoms with van der Waals surface area (Å²) in [7, 11) is 0. The average Bonchev–Trinajstić information content (AvgIpc) is 2.86. The van der Waals surface area contributed by atoms with Gasteiger partial charge in [-0.2, -0.15) is 4.98 Å². The molecule has 2 aromatic rings. The fraction of sp³-hybridized carbons (Fsp3) is 0.412. The van der Waals surface area contributed by atoms with Gasteiger partial charge in [0, 0.05) is 12.3 Å². The Kier molecular flexibility index (Phi) is 3.64. The van der Waals surface area contributed by atoms with E-state index in [-0.39, 0.29) is 17.1 Å². The first-order chi connectivity index (χ1) is 10.4. The second-order valence-corrected chi connectivity index (χ2v) is 6.53. The first-order valence-corrected chi connectivity index (χ1v) is 7.39. The van der Waals surface area contributed by atoms with Crippen molar-refractivity contribution in [3.63, 3.8) is 0 Å². The highest BCUT2D eigenvalue weighted by Crippen LogP contribution is 2.24. The Labute approximate surface area is 129 Å². The van der Waals surface area contributed by atoms with Gasteiger partial charge in [0.1, 0.15) is 12.4 Å². The van der Waals surface area contributed by atoms with Crippen LogP contribution in [0.15, 0.2) is 41.3 Å². The zero-order chi connectivity index (χ0) is 15.7. The van der Waals surface area contributed by atoms with Crippen LogP contribution >= 0.6 is 0 Å². The third kappa shape index (κ3) is 3.13. The van der Waals surface area contributed by atoms with Gasteiger partial charge in [0.2, 0.25) is 0 Å². The lowest BCUT2D eigenvalue weighted by Gasteiger charge is -2.19. The van der Waals surface area contributed by atoms with E-state index in [0.717, 1.165) is 5.75 Å². The maximum absolute atomic E-state index is 11.2. The normalized spacial score (nSPS) is 17.0. The standard InChI is InChI=1S/C17H20N2O3/c1-17(2,3)12-4-6-13(7-5-12)21-11-14-10-19-9-8-15(20)18-16(19)22-14/h4-9,14H,10-11H2,1-3H3/t14-/m0/s1. The highest BCUT2D eigenvalue weighted by Gasteiger charge is 2.23. The van der Waals surface area contributed by atoms with Crippen molar-refractivity contribution in [2.45, 2.75) is 38.8 Å². The van der Waals surface area contributed by atoms with Crippen molar-refractivity contribution in [2.24, 2.45) is 0 Å². The second-order valence-electron chi connectivity index (χ2n) is 6.53. The molecule has 1 aliphatic rings. The molecule has 1 aromatic carbocycles. The first-order valence-electron chi connectivity index (χ1n) is 7.39. The van der Waals surface area contributed by atoms with Crippen molar-refractivity contribution in [1.82, 2.24) is 9.55 Å². The molecule has 0 N–H and O–H groups in total. The van der Waals surface area contributed by atoms with Crippen LogP contribution in [-0.4, -0.2) is 22.3 Å². The van der Waals surface area contributed by atoms with Gasteiger partial charge in [-0.3, -0.25) is 9.36 Å². The summed E-state index contributed by atoms with van der Waals surface area (Å²) in [6.45, 7) is 7.61. The molecule has 0 fully saturated rings. The van der Waals surface area contributed by atoms with Crippen molar-refractivity contribution in [3.05, 3.63) is 52.4 Å². The van der Waals surface area contributed by atoms with Crippen molar-refractivity contribution >= 4 is 0 Å². The Morgan fingerprint density at radius 2 is 2.00 bits per heavy atom. The number of ether oxygens (including phenoxy) is 2. The molecule has 0 spiro atoms. The summed E-state index contributed by atoms with van der Waals surface area (Å²) < 4.78 is 13.2. The number of nitrogens with zero attached hydrogens (tertiary/aromatic N) is 2. The largest absolute Gasteiger partial charge is 0.490 e. The van der Waals surface area contributed by atoms with Gasteiger partial charge in [-0.25, -0.2) is 0 Å². The number of benzene rings is 1. The van der Waals surface area contributed by atoms with E-state index in [1.54, 1.807) is 6.20 Å². The Morgan fingerprint density at radius 1 is 1.27 bits per heavy atom. The lowest BCUT2D eigenvalue weighted by molar-refractivity contribution is 0.143. The molecule has 0 amide bonds. The fourth-order valence-corrected chi connectivity index (χ4v) is 2.38. The van der Waals surface area contributed by atoms with Gasteiger partial charge in [-0.05, 0) is 23.1 Å². The molecule has 5 nitrogen and oxygen atoms in total. The summed E-state index contributed by atoms with van der Waals surface area (Å²) >= 11 is 0. The summed E-state index contributed by atoms with van der Waals surface area (Å²) in [6.07, 6.45) is 1.57. The molecule has 0 radical (unpaired) electrons. The minimum absolute atomic E-state index is 0.128. The van der Waals surface area contributed by atoms with E-state index < -0.39 is 0 Å². The molecule has 116 valence electrons. The van der Waals surface area contributed by atoms with Crippen LogP contribution in [0, 0.1) is 0 Å². The average molecular weight is 300 g/mol. The van der Waals surface area contributed by atoms with Gasteiger partial charge in [-0.15, -0.1) is 0 Å². The maximum Gasteiger partial charge on any atom is 0.300 e. The molecule has 5 heteroatoms. The molecule has 2 heterocycles. The molecule has 1 aliphatic heterocycles. The molecule has 3 rings (SSSR count). The number of hydrogen-bond donors (Lipinski definition) is 0. The molecule has 0 saturated heterocycles. The number of fused-ring (bicyclic) bond motifs is 1. The summed E-state index contributed by atoms with van der Waals surface area (Å²) in [5.74, 6) is 0.815. The monoisotopic (exact) mass is 300 g/mol. The van der Waals surface area contributed by atoms with Gasteiger partial charge in [0.05, 0.1) is 6.54 Å². The molecular weight excluding hydrogens is 280 g/mol. The van der Waals surface area contributed by atoms with Gasteiger partial charge < -0.3 is 9.47 Å². The van der Waals surface area contributed by atoms with E-state index in [4.69, 9.17) is 9.47 Å². The minimum atomic E-state index is -0.286. The van der Waals surface area contributed by atoms with Gasteiger partial charge in [-0.1, -0.05) is 32.9 Å². The molecule has 0 aliphatic carbocycles. The van der Waals surface area contributed by atoms with Gasteiger partial charge in [0.25, 0.3) is 11.6 Å². The van der Waals surface area contributed by atoms with Crippen molar-refractivity contribution in [2.75, 3.05) is 6.61 Å². The van der Waals surface area contributed by atoms with Crippen LogP contribution in [0.4, 0.5) is 0 Å². The predicted octanol–water partition coefficient (Wildman–Crippen LogP) is 2.38. The highest BCUT2D eigenvalue weighted by molar-refractivity contribution is 5.31. The SMILES string of the molecule is CC(C)(C)c1ccc(OC[C@@H]2Cn3ccc(=O)nc3O2)cc1. The number of hydrogen-bond acceptors (Lipinski definition) is 4. The van der Waals surface area contributed by atoms with E-state index in [1.807, 2.05) is 16.7 Å². The number of aromatic nitrogens is 2. The summed E-state index contributed by atoms with van der Waals surface area (Å²) in [6, 6.07) is 9.91. The van der Waals surface area contributed by atoms with Crippen LogP contribution in [0.3, 0.4) is 0 Å². The van der Waals surface area contributed by atoms with Crippen molar-refractivity contribution in [3.8, 4) is 11.8 Å². The van der Waals surface area contributed by atoms with E-state index in [0.29, 0.717) is 19.2 Å². The quantitative estimate of drug-likeness (QED) is 0.873. The summed E-state index contributed by atoms with van der Waals surface area (Å²) in [5.41, 5.74) is 1.12. The van der Waals surface area contributed by atoms with E-state index in [2.05, 4.69) is 37.9 Å². The van der Waals surface area contributed by atoms with E-state index in [9.17, 15) is 4.79 Å². The Bertz CT molecular complexity index is 714. The Morgan fingerprint density at radius 3 is 2.68 bits per heavy atom. The molecule has 0 bridgehead atoms. The van der Waals surface area contributed by atoms with Gasteiger partial charge >= 0.3 is 0 Å². The van der Waals surface area contributed by atoms with Gasteiger partial charge in [0.15, 0.2) is 6.10 Å². The molecule has 1 atom stereocenters. The van der Waals surface area contributed by atoms with Crippen molar-refractivity contribution in [1.29, 1.82) is 0 Å². The Hall–Kier alpha value is -2.30. The van der Waals surface area contributed by atoms with Crippen LogP contribution in [0.5, 0.6) is 11.8 Å².